The highest BCUT2D eigenvalue weighted by atomic mass is 35.5. The number of halogens is 2. The first kappa shape index (κ1) is 10.7. The molecule has 2 aromatic carbocycles. The zero-order valence-electron chi connectivity index (χ0n) is 8.87. The molecule has 3 aromatic rings. The van der Waals surface area contributed by atoms with Crippen LogP contribution in [0.1, 0.15) is 0 Å². The minimum Gasteiger partial charge on any atom is -0.361 e. The van der Waals surface area contributed by atoms with E-state index in [0.29, 0.717) is 10.0 Å². The fourth-order valence-corrected chi connectivity index (χ4v) is 2.57. The summed E-state index contributed by atoms with van der Waals surface area (Å²) in [6.07, 6.45) is 1.93. The first-order chi connectivity index (χ1) is 8.24. The predicted octanol–water partition coefficient (Wildman–Crippen LogP) is 5.14. The van der Waals surface area contributed by atoms with Gasteiger partial charge in [-0.1, -0.05) is 35.3 Å². The Labute approximate surface area is 109 Å². The van der Waals surface area contributed by atoms with Crippen LogP contribution in [0.3, 0.4) is 0 Å². The van der Waals surface area contributed by atoms with Crippen molar-refractivity contribution in [3.05, 3.63) is 58.7 Å². The molecule has 1 N–H and O–H groups in total. The Morgan fingerprint density at radius 2 is 1.65 bits per heavy atom. The number of aromatic nitrogens is 1. The molecule has 3 heteroatoms. The highest BCUT2D eigenvalue weighted by Crippen LogP contribution is 2.31. The Hall–Kier alpha value is -1.44. The summed E-state index contributed by atoms with van der Waals surface area (Å²) >= 11 is 12.1. The third kappa shape index (κ3) is 1.92. The quantitative estimate of drug-likeness (QED) is 0.624. The van der Waals surface area contributed by atoms with Crippen LogP contribution >= 0.6 is 23.2 Å². The SMILES string of the molecule is Clc1cc(Cl)cc(-c2cccc3[nH]ccc23)c1. The molecule has 0 spiro atoms. The van der Waals surface area contributed by atoms with E-state index < -0.39 is 0 Å². The van der Waals surface area contributed by atoms with Gasteiger partial charge in [-0.25, -0.2) is 0 Å². The largest absolute Gasteiger partial charge is 0.361 e. The molecule has 0 aliphatic carbocycles. The highest BCUT2D eigenvalue weighted by Gasteiger charge is 2.06. The standard InChI is InChI=1S/C14H9Cl2N/c15-10-6-9(7-11(16)8-10)12-2-1-3-14-13(12)4-5-17-14/h1-8,17H. The maximum atomic E-state index is 6.03. The molecule has 0 saturated heterocycles. The summed E-state index contributed by atoms with van der Waals surface area (Å²) in [6, 6.07) is 13.8. The predicted molar refractivity (Wildman–Crippen MR) is 73.8 cm³/mol. The fourth-order valence-electron chi connectivity index (χ4n) is 2.05. The van der Waals surface area contributed by atoms with Gasteiger partial charge in [-0.2, -0.15) is 0 Å². The van der Waals surface area contributed by atoms with E-state index in [1.807, 2.05) is 30.5 Å². The van der Waals surface area contributed by atoms with E-state index >= 15 is 0 Å². The molecule has 3 rings (SSSR count). The summed E-state index contributed by atoms with van der Waals surface area (Å²) in [5.74, 6) is 0. The molecular weight excluding hydrogens is 253 g/mol. The van der Waals surface area contributed by atoms with Crippen LogP contribution in [0, 0.1) is 0 Å². The van der Waals surface area contributed by atoms with Crippen molar-refractivity contribution in [3.63, 3.8) is 0 Å². The third-order valence-electron chi connectivity index (χ3n) is 2.77. The Bertz CT molecular complexity index is 665. The second kappa shape index (κ2) is 4.10. The lowest BCUT2D eigenvalue weighted by Gasteiger charge is -2.05. The van der Waals surface area contributed by atoms with Crippen molar-refractivity contribution in [2.24, 2.45) is 0 Å². The Balaban J connectivity index is 2.30. The summed E-state index contributed by atoms with van der Waals surface area (Å²) in [7, 11) is 0. The second-order valence-electron chi connectivity index (χ2n) is 3.90. The van der Waals surface area contributed by atoms with Gasteiger partial charge >= 0.3 is 0 Å². The van der Waals surface area contributed by atoms with Crippen molar-refractivity contribution in [1.29, 1.82) is 0 Å². The van der Waals surface area contributed by atoms with Gasteiger partial charge in [0, 0.05) is 27.1 Å². The molecular formula is C14H9Cl2N. The molecule has 0 unspecified atom stereocenters. The van der Waals surface area contributed by atoms with Crippen molar-refractivity contribution >= 4 is 34.1 Å². The summed E-state index contributed by atoms with van der Waals surface area (Å²) in [4.78, 5) is 3.19. The van der Waals surface area contributed by atoms with Crippen molar-refractivity contribution < 1.29 is 0 Å². The van der Waals surface area contributed by atoms with Crippen LogP contribution in [0.4, 0.5) is 0 Å². The molecule has 84 valence electrons. The summed E-state index contributed by atoms with van der Waals surface area (Å²) in [5, 5.41) is 2.48. The molecule has 1 nitrogen and oxygen atoms in total. The van der Waals surface area contributed by atoms with E-state index in [4.69, 9.17) is 23.2 Å². The van der Waals surface area contributed by atoms with Crippen LogP contribution in [0.15, 0.2) is 48.7 Å². The molecule has 0 bridgehead atoms. The summed E-state index contributed by atoms with van der Waals surface area (Å²) < 4.78 is 0. The highest BCUT2D eigenvalue weighted by molar-refractivity contribution is 6.35. The number of benzene rings is 2. The Morgan fingerprint density at radius 1 is 0.882 bits per heavy atom. The van der Waals surface area contributed by atoms with Gasteiger partial charge in [0.15, 0.2) is 0 Å². The van der Waals surface area contributed by atoms with Gasteiger partial charge in [0.2, 0.25) is 0 Å². The molecule has 0 saturated carbocycles. The average Bonchev–Trinajstić information content (AvgIpc) is 2.75. The van der Waals surface area contributed by atoms with Crippen LogP contribution in [0.5, 0.6) is 0 Å². The van der Waals surface area contributed by atoms with Gasteiger partial charge < -0.3 is 4.98 Å². The van der Waals surface area contributed by atoms with Gasteiger partial charge in [-0.3, -0.25) is 0 Å². The second-order valence-corrected chi connectivity index (χ2v) is 4.78. The van der Waals surface area contributed by atoms with Crippen LogP contribution in [0.2, 0.25) is 10.0 Å². The molecule has 0 aliphatic rings. The number of fused-ring (bicyclic) bond motifs is 1. The first-order valence-electron chi connectivity index (χ1n) is 5.26. The monoisotopic (exact) mass is 261 g/mol. The lowest BCUT2D eigenvalue weighted by molar-refractivity contribution is 1.48. The van der Waals surface area contributed by atoms with Gasteiger partial charge in [0.05, 0.1) is 0 Å². The van der Waals surface area contributed by atoms with Crippen molar-refractivity contribution in [1.82, 2.24) is 4.98 Å². The minimum atomic E-state index is 0.653. The van der Waals surface area contributed by atoms with Gasteiger partial charge in [-0.05, 0) is 41.5 Å². The third-order valence-corrected chi connectivity index (χ3v) is 3.20. The van der Waals surface area contributed by atoms with E-state index in [0.717, 1.165) is 16.6 Å². The van der Waals surface area contributed by atoms with E-state index in [9.17, 15) is 0 Å². The van der Waals surface area contributed by atoms with E-state index in [-0.39, 0.29) is 0 Å². The summed E-state index contributed by atoms with van der Waals surface area (Å²) in [5.41, 5.74) is 3.28. The van der Waals surface area contributed by atoms with Crippen LogP contribution in [0.25, 0.3) is 22.0 Å². The zero-order chi connectivity index (χ0) is 11.8. The number of hydrogen-bond acceptors (Lipinski definition) is 0. The molecule has 0 amide bonds. The normalized spacial score (nSPS) is 10.9. The Kier molecular flexibility index (Phi) is 2.58. The van der Waals surface area contributed by atoms with Gasteiger partial charge in [0.1, 0.15) is 0 Å². The molecule has 1 heterocycles. The smallest absolute Gasteiger partial charge is 0.0460 e. The minimum absolute atomic E-state index is 0.653. The Morgan fingerprint density at radius 3 is 2.41 bits per heavy atom. The van der Waals surface area contributed by atoms with Crippen molar-refractivity contribution in [3.8, 4) is 11.1 Å². The summed E-state index contributed by atoms with van der Waals surface area (Å²) in [6.45, 7) is 0. The number of nitrogens with one attached hydrogen (secondary N) is 1. The van der Waals surface area contributed by atoms with Crippen LogP contribution in [-0.2, 0) is 0 Å². The topological polar surface area (TPSA) is 15.8 Å². The van der Waals surface area contributed by atoms with E-state index in [1.165, 1.54) is 5.39 Å². The van der Waals surface area contributed by atoms with Gasteiger partial charge in [0.25, 0.3) is 0 Å². The number of H-pyrrole nitrogens is 1. The average molecular weight is 262 g/mol. The van der Waals surface area contributed by atoms with E-state index in [2.05, 4.69) is 17.1 Å². The molecule has 0 atom stereocenters. The maximum Gasteiger partial charge on any atom is 0.0460 e. The molecule has 0 aliphatic heterocycles. The molecule has 0 fully saturated rings. The number of rotatable bonds is 1. The van der Waals surface area contributed by atoms with Crippen molar-refractivity contribution in [2.45, 2.75) is 0 Å². The lowest BCUT2D eigenvalue weighted by atomic mass is 10.0. The van der Waals surface area contributed by atoms with Crippen molar-refractivity contribution in [2.75, 3.05) is 0 Å². The molecule has 0 radical (unpaired) electrons. The number of aromatic amines is 1. The molecule has 1 aromatic heterocycles. The van der Waals surface area contributed by atoms with E-state index in [1.54, 1.807) is 6.07 Å². The zero-order valence-corrected chi connectivity index (χ0v) is 10.4. The first-order valence-corrected chi connectivity index (χ1v) is 6.02. The van der Waals surface area contributed by atoms with Crippen LogP contribution in [-0.4, -0.2) is 4.98 Å². The fraction of sp³-hybridized carbons (Fsp3) is 0. The number of hydrogen-bond donors (Lipinski definition) is 1. The lowest BCUT2D eigenvalue weighted by Crippen LogP contribution is -1.80. The maximum absolute atomic E-state index is 6.03. The molecule has 17 heavy (non-hydrogen) atoms. The van der Waals surface area contributed by atoms with Crippen LogP contribution < -0.4 is 0 Å². The van der Waals surface area contributed by atoms with Gasteiger partial charge in [-0.15, -0.1) is 0 Å².